The summed E-state index contributed by atoms with van der Waals surface area (Å²) in [6.07, 6.45) is 0. The van der Waals surface area contributed by atoms with Crippen LogP contribution in [0.1, 0.15) is 21.4 Å². The van der Waals surface area contributed by atoms with Crippen molar-refractivity contribution in [1.82, 2.24) is 9.97 Å². The third-order valence-corrected chi connectivity index (χ3v) is 3.51. The van der Waals surface area contributed by atoms with Crippen LogP contribution in [0.5, 0.6) is 0 Å². The van der Waals surface area contributed by atoms with Crippen LogP contribution in [0.25, 0.3) is 0 Å². The van der Waals surface area contributed by atoms with Crippen LogP contribution in [0.3, 0.4) is 0 Å². The van der Waals surface area contributed by atoms with E-state index in [-0.39, 0.29) is 51.4 Å². The zero-order valence-electron chi connectivity index (χ0n) is 9.22. The maximum atomic E-state index is 10.8. The zero-order valence-corrected chi connectivity index (χ0v) is 14.0. The number of hydrogen-bond acceptors (Lipinski definition) is 6. The summed E-state index contributed by atoms with van der Waals surface area (Å²) in [6, 6.07) is 0. The molecule has 0 atom stereocenters. The molecule has 0 N–H and O–H groups in total. The quantitative estimate of drug-likeness (QED) is 0.424. The fraction of sp³-hybridized carbons (Fsp3) is 0.222. The van der Waals surface area contributed by atoms with Crippen LogP contribution in [-0.2, 0) is 0 Å². The standard InChI is InChI=1S/C9H9N3OS2.K/c1-5-3-15-9(10-5)8(12-13)7-4-14-6(2)11-7;/h3-4,13H,1-2H3;/q;+1/p-1/b12-8-;. The van der Waals surface area contributed by atoms with Crippen molar-refractivity contribution >= 4 is 28.4 Å². The second-order valence-corrected chi connectivity index (χ2v) is 4.91. The molecule has 2 aromatic rings. The van der Waals surface area contributed by atoms with Crippen molar-refractivity contribution in [2.75, 3.05) is 0 Å². The molecule has 0 saturated heterocycles. The molecular formula is C9H8KN3OS2. The van der Waals surface area contributed by atoms with Gasteiger partial charge in [-0.15, -0.1) is 22.7 Å². The summed E-state index contributed by atoms with van der Waals surface area (Å²) in [5.41, 5.74) is 1.84. The molecule has 0 aliphatic carbocycles. The topological polar surface area (TPSA) is 61.2 Å². The predicted octanol–water partition coefficient (Wildman–Crippen LogP) is -0.444. The van der Waals surface area contributed by atoms with Gasteiger partial charge in [-0.3, -0.25) is 0 Å². The predicted molar refractivity (Wildman–Crippen MR) is 62.7 cm³/mol. The number of aryl methyl sites for hydroxylation is 2. The van der Waals surface area contributed by atoms with E-state index >= 15 is 0 Å². The summed E-state index contributed by atoms with van der Waals surface area (Å²) in [7, 11) is 0. The third kappa shape index (κ3) is 3.19. The van der Waals surface area contributed by atoms with E-state index in [0.29, 0.717) is 16.4 Å². The summed E-state index contributed by atoms with van der Waals surface area (Å²) < 4.78 is 0. The summed E-state index contributed by atoms with van der Waals surface area (Å²) in [5, 5.41) is 19.0. The van der Waals surface area contributed by atoms with Gasteiger partial charge >= 0.3 is 51.4 Å². The van der Waals surface area contributed by atoms with Crippen LogP contribution < -0.4 is 51.4 Å². The van der Waals surface area contributed by atoms with Gasteiger partial charge < -0.3 is 10.4 Å². The number of thiazole rings is 2. The van der Waals surface area contributed by atoms with Gasteiger partial charge in [-0.05, 0) is 13.8 Å². The molecular weight excluding hydrogens is 269 g/mol. The molecule has 0 fully saturated rings. The van der Waals surface area contributed by atoms with Crippen molar-refractivity contribution in [3.63, 3.8) is 0 Å². The first-order chi connectivity index (χ1) is 7.20. The molecule has 4 nitrogen and oxygen atoms in total. The zero-order chi connectivity index (χ0) is 10.8. The molecule has 0 aliphatic heterocycles. The Kier molecular flexibility index (Phi) is 5.72. The molecule has 2 rings (SSSR count). The van der Waals surface area contributed by atoms with Crippen molar-refractivity contribution in [3.05, 3.63) is 37.4 Å². The Morgan fingerprint density at radius 2 is 2.00 bits per heavy atom. The largest absolute Gasteiger partial charge is 1.00 e. The monoisotopic (exact) mass is 277 g/mol. The maximum absolute atomic E-state index is 10.8. The molecule has 16 heavy (non-hydrogen) atoms. The molecule has 2 aromatic heterocycles. The molecule has 0 aromatic carbocycles. The Balaban J connectivity index is 0.00000128. The molecule has 0 aliphatic rings. The fourth-order valence-electron chi connectivity index (χ4n) is 1.13. The molecule has 78 valence electrons. The molecule has 0 spiro atoms. The molecule has 0 bridgehead atoms. The van der Waals surface area contributed by atoms with Gasteiger partial charge in [-0.1, -0.05) is 0 Å². The average Bonchev–Trinajstić information content (AvgIpc) is 2.78. The number of hydrogen-bond donors (Lipinski definition) is 0. The van der Waals surface area contributed by atoms with Gasteiger partial charge in [0.1, 0.15) is 16.4 Å². The molecule has 2 heterocycles. The second-order valence-electron chi connectivity index (χ2n) is 2.99. The molecule has 0 amide bonds. The Morgan fingerprint density at radius 1 is 1.25 bits per heavy atom. The second kappa shape index (κ2) is 6.34. The Labute approximate surface area is 144 Å². The minimum absolute atomic E-state index is 0. The Morgan fingerprint density at radius 3 is 2.44 bits per heavy atom. The molecule has 0 radical (unpaired) electrons. The van der Waals surface area contributed by atoms with Crippen LogP contribution in [0, 0.1) is 19.1 Å². The Bertz CT molecular complexity index is 464. The number of rotatable bonds is 2. The smallest absolute Gasteiger partial charge is 0.791 e. The summed E-state index contributed by atoms with van der Waals surface area (Å²) in [6.45, 7) is 3.78. The number of aromatic nitrogens is 2. The minimum atomic E-state index is 0. The normalized spacial score (nSPS) is 11.2. The van der Waals surface area contributed by atoms with Crippen LogP contribution in [0.2, 0.25) is 0 Å². The van der Waals surface area contributed by atoms with Crippen molar-refractivity contribution in [1.29, 1.82) is 0 Å². The minimum Gasteiger partial charge on any atom is -0.791 e. The van der Waals surface area contributed by atoms with E-state index in [9.17, 15) is 5.21 Å². The van der Waals surface area contributed by atoms with E-state index in [0.717, 1.165) is 10.7 Å². The van der Waals surface area contributed by atoms with Crippen LogP contribution >= 0.6 is 22.7 Å². The van der Waals surface area contributed by atoms with Gasteiger partial charge in [-0.25, -0.2) is 9.97 Å². The van der Waals surface area contributed by atoms with Gasteiger partial charge in [0.25, 0.3) is 0 Å². The summed E-state index contributed by atoms with van der Waals surface area (Å²) >= 11 is 2.90. The van der Waals surface area contributed by atoms with E-state index in [1.807, 2.05) is 24.6 Å². The average molecular weight is 277 g/mol. The SMILES string of the molecule is Cc1csc(/C(=N\[O-])c2csc(C)n2)n1.[K+]. The maximum Gasteiger partial charge on any atom is 1.00 e. The van der Waals surface area contributed by atoms with E-state index in [1.54, 1.807) is 0 Å². The van der Waals surface area contributed by atoms with Crippen molar-refractivity contribution in [2.24, 2.45) is 5.16 Å². The molecule has 0 unspecified atom stereocenters. The first-order valence-electron chi connectivity index (χ1n) is 4.26. The van der Waals surface area contributed by atoms with E-state index in [4.69, 9.17) is 0 Å². The van der Waals surface area contributed by atoms with Crippen LogP contribution in [0.4, 0.5) is 0 Å². The first kappa shape index (κ1) is 14.4. The first-order valence-corrected chi connectivity index (χ1v) is 6.02. The van der Waals surface area contributed by atoms with Crippen molar-refractivity contribution in [3.8, 4) is 0 Å². The van der Waals surface area contributed by atoms with Crippen LogP contribution in [0.15, 0.2) is 15.9 Å². The van der Waals surface area contributed by atoms with E-state index < -0.39 is 0 Å². The Hall–Kier alpha value is 0.366. The van der Waals surface area contributed by atoms with Crippen molar-refractivity contribution in [2.45, 2.75) is 13.8 Å². The fourth-order valence-corrected chi connectivity index (χ4v) is 2.51. The number of nitrogens with zero attached hydrogens (tertiary/aromatic N) is 3. The van der Waals surface area contributed by atoms with Gasteiger partial charge in [0.05, 0.1) is 5.01 Å². The summed E-state index contributed by atoms with van der Waals surface area (Å²) in [5.74, 6) is 0. The summed E-state index contributed by atoms with van der Waals surface area (Å²) in [4.78, 5) is 8.44. The third-order valence-electron chi connectivity index (χ3n) is 1.77. The van der Waals surface area contributed by atoms with Gasteiger partial charge in [-0.2, -0.15) is 0 Å². The van der Waals surface area contributed by atoms with E-state index in [2.05, 4.69) is 15.1 Å². The van der Waals surface area contributed by atoms with Crippen LogP contribution in [-0.4, -0.2) is 15.7 Å². The molecule has 0 saturated carbocycles. The van der Waals surface area contributed by atoms with Crippen molar-refractivity contribution < 1.29 is 51.4 Å². The van der Waals surface area contributed by atoms with Gasteiger partial charge in [0.15, 0.2) is 0 Å². The molecule has 7 heteroatoms. The van der Waals surface area contributed by atoms with E-state index in [1.165, 1.54) is 22.7 Å². The van der Waals surface area contributed by atoms with Gasteiger partial charge in [0, 0.05) is 16.5 Å². The van der Waals surface area contributed by atoms with Gasteiger partial charge in [0.2, 0.25) is 0 Å².